The van der Waals surface area contributed by atoms with Crippen LogP contribution in [0.3, 0.4) is 0 Å². The number of hydrogen-bond donors (Lipinski definition) is 1. The van der Waals surface area contributed by atoms with E-state index in [-0.39, 0.29) is 23.5 Å². The van der Waals surface area contributed by atoms with Gasteiger partial charge >= 0.3 is 0 Å². The molecule has 5 nitrogen and oxygen atoms in total. The molecule has 1 spiro atoms. The molecule has 2 heterocycles. The first-order valence-corrected chi connectivity index (χ1v) is 14.0. The normalized spacial score (nSPS) is 23.9. The van der Waals surface area contributed by atoms with Gasteiger partial charge in [-0.2, -0.15) is 11.8 Å². The molecule has 2 aromatic carbocycles. The molecular formula is C28H37N3O2S. The lowest BCUT2D eigenvalue weighted by atomic mass is 9.72. The monoisotopic (exact) mass is 479 g/mol. The molecule has 0 saturated carbocycles. The maximum atomic E-state index is 12.5. The average Bonchev–Trinajstić information content (AvgIpc) is 3.48. The van der Waals surface area contributed by atoms with Gasteiger partial charge in [0.25, 0.3) is 0 Å². The van der Waals surface area contributed by atoms with Crippen molar-refractivity contribution in [2.75, 3.05) is 50.2 Å². The molecule has 2 aliphatic heterocycles. The summed E-state index contributed by atoms with van der Waals surface area (Å²) in [6.45, 7) is 5.44. The van der Waals surface area contributed by atoms with Crippen molar-refractivity contribution >= 4 is 23.4 Å². The van der Waals surface area contributed by atoms with Crippen molar-refractivity contribution < 1.29 is 9.53 Å². The third kappa shape index (κ3) is 4.48. The number of benzene rings is 2. The molecule has 34 heavy (non-hydrogen) atoms. The van der Waals surface area contributed by atoms with Crippen LogP contribution in [0.4, 0.5) is 5.69 Å². The highest BCUT2D eigenvalue weighted by Gasteiger charge is 2.53. The number of nitrogens with zero attached hydrogens (tertiary/aromatic N) is 2. The van der Waals surface area contributed by atoms with Crippen LogP contribution in [0.15, 0.2) is 48.5 Å². The van der Waals surface area contributed by atoms with Crippen LogP contribution in [0.25, 0.3) is 0 Å². The molecule has 3 aliphatic rings. The standard InChI is InChI=1S/C28H37N3O2S/c1-33-27-26(29-25(32)20-34-2)23-7-3-4-8-24(23)28(27)13-17-30(18-14-28)19-21-9-11-22(12-10-21)31-15-5-6-16-31/h3-4,7-12,26-27H,5-6,13-20H2,1-2H3,(H,29,32)/t26-,27+/m1/s1. The second-order valence-electron chi connectivity index (χ2n) is 10.0. The fraction of sp³-hybridized carbons (Fsp3) is 0.536. The van der Waals surface area contributed by atoms with Crippen molar-refractivity contribution in [2.45, 2.75) is 49.8 Å². The molecule has 1 amide bonds. The summed E-state index contributed by atoms with van der Waals surface area (Å²) in [5.74, 6) is 0.563. The molecular weight excluding hydrogens is 442 g/mol. The first kappa shape index (κ1) is 23.7. The van der Waals surface area contributed by atoms with E-state index in [0.717, 1.165) is 32.5 Å². The minimum atomic E-state index is -0.0782. The topological polar surface area (TPSA) is 44.8 Å². The third-order valence-electron chi connectivity index (χ3n) is 8.09. The highest BCUT2D eigenvalue weighted by atomic mass is 32.2. The van der Waals surface area contributed by atoms with Crippen LogP contribution in [0.2, 0.25) is 0 Å². The summed E-state index contributed by atoms with van der Waals surface area (Å²) in [4.78, 5) is 17.6. The van der Waals surface area contributed by atoms with Crippen molar-refractivity contribution in [1.29, 1.82) is 0 Å². The minimum absolute atomic E-state index is 0.0300. The van der Waals surface area contributed by atoms with Crippen molar-refractivity contribution in [1.82, 2.24) is 10.2 Å². The van der Waals surface area contributed by atoms with Crippen LogP contribution >= 0.6 is 11.8 Å². The second-order valence-corrected chi connectivity index (χ2v) is 10.9. The first-order chi connectivity index (χ1) is 16.6. The smallest absolute Gasteiger partial charge is 0.230 e. The van der Waals surface area contributed by atoms with Gasteiger partial charge in [0.2, 0.25) is 5.91 Å². The van der Waals surface area contributed by atoms with Crippen LogP contribution in [-0.2, 0) is 21.5 Å². The fourth-order valence-corrected chi connectivity index (χ4v) is 6.77. The van der Waals surface area contributed by atoms with Crippen molar-refractivity contribution in [2.24, 2.45) is 0 Å². The predicted molar refractivity (Wildman–Crippen MR) is 141 cm³/mol. The average molecular weight is 480 g/mol. The summed E-state index contributed by atoms with van der Waals surface area (Å²) in [6.07, 6.45) is 6.65. The maximum Gasteiger partial charge on any atom is 0.230 e. The zero-order valence-corrected chi connectivity index (χ0v) is 21.3. The van der Waals surface area contributed by atoms with E-state index in [9.17, 15) is 4.79 Å². The van der Waals surface area contributed by atoms with Gasteiger partial charge in [-0.05, 0) is 73.9 Å². The molecule has 6 heteroatoms. The van der Waals surface area contributed by atoms with Gasteiger partial charge in [-0.15, -0.1) is 0 Å². The van der Waals surface area contributed by atoms with Crippen molar-refractivity contribution in [3.63, 3.8) is 0 Å². The number of fused-ring (bicyclic) bond motifs is 2. The lowest BCUT2D eigenvalue weighted by molar-refractivity contribution is -0.121. The third-order valence-corrected chi connectivity index (χ3v) is 8.64. The van der Waals surface area contributed by atoms with Crippen LogP contribution in [0.1, 0.15) is 48.4 Å². The Morgan fingerprint density at radius 3 is 2.44 bits per heavy atom. The van der Waals surface area contributed by atoms with E-state index in [1.807, 2.05) is 6.26 Å². The highest BCUT2D eigenvalue weighted by molar-refractivity contribution is 7.99. The first-order valence-electron chi connectivity index (χ1n) is 12.6. The van der Waals surface area contributed by atoms with Gasteiger partial charge in [-0.3, -0.25) is 9.69 Å². The molecule has 2 atom stereocenters. The van der Waals surface area contributed by atoms with Gasteiger partial charge in [-0.1, -0.05) is 36.4 Å². The lowest BCUT2D eigenvalue weighted by Crippen LogP contribution is -2.50. The number of thioether (sulfide) groups is 1. The number of anilines is 1. The van der Waals surface area contributed by atoms with E-state index in [0.29, 0.717) is 5.75 Å². The predicted octanol–water partition coefficient (Wildman–Crippen LogP) is 4.37. The molecule has 5 rings (SSSR count). The van der Waals surface area contributed by atoms with Gasteiger partial charge < -0.3 is 15.0 Å². The van der Waals surface area contributed by atoms with E-state index in [2.05, 4.69) is 63.6 Å². The summed E-state index contributed by atoms with van der Waals surface area (Å²) in [5.41, 5.74) is 5.30. The number of amides is 1. The number of rotatable bonds is 7. The summed E-state index contributed by atoms with van der Waals surface area (Å²) in [7, 11) is 1.81. The quantitative estimate of drug-likeness (QED) is 0.639. The molecule has 0 aromatic heterocycles. The number of ether oxygens (including phenoxy) is 1. The SMILES string of the molecule is CO[C@H]1[C@H](NC(=O)CSC)c2ccccc2C12CCN(Cc1ccc(N3CCCC3)cc1)CC2. The molecule has 1 N–H and O–H groups in total. The number of methoxy groups -OCH3 is 1. The molecule has 2 fully saturated rings. The number of nitrogens with one attached hydrogen (secondary N) is 1. The summed E-state index contributed by atoms with van der Waals surface area (Å²) < 4.78 is 6.15. The summed E-state index contributed by atoms with van der Waals surface area (Å²) in [6, 6.07) is 17.8. The van der Waals surface area contributed by atoms with E-state index < -0.39 is 0 Å². The van der Waals surface area contributed by atoms with Crippen molar-refractivity contribution in [3.05, 3.63) is 65.2 Å². The molecule has 1 aliphatic carbocycles. The second kappa shape index (κ2) is 10.3. The van der Waals surface area contributed by atoms with Crippen LogP contribution in [0.5, 0.6) is 0 Å². The Bertz CT molecular complexity index is 981. The molecule has 0 radical (unpaired) electrons. The van der Waals surface area contributed by atoms with Crippen LogP contribution < -0.4 is 10.2 Å². The van der Waals surface area contributed by atoms with E-state index in [1.54, 1.807) is 18.9 Å². The summed E-state index contributed by atoms with van der Waals surface area (Å²) >= 11 is 1.56. The zero-order chi connectivity index (χ0) is 23.5. The highest BCUT2D eigenvalue weighted by Crippen LogP contribution is 2.52. The Morgan fingerprint density at radius 1 is 1.06 bits per heavy atom. The fourth-order valence-electron chi connectivity index (χ4n) is 6.43. The zero-order valence-electron chi connectivity index (χ0n) is 20.5. The Labute approximate surface area is 208 Å². The number of carbonyl (C=O) groups excluding carboxylic acids is 1. The Morgan fingerprint density at radius 2 is 1.76 bits per heavy atom. The van der Waals surface area contributed by atoms with Crippen molar-refractivity contribution in [3.8, 4) is 0 Å². The number of piperidine rings is 1. The molecule has 182 valence electrons. The number of hydrogen-bond acceptors (Lipinski definition) is 5. The lowest BCUT2D eigenvalue weighted by Gasteiger charge is -2.44. The minimum Gasteiger partial charge on any atom is -0.378 e. The van der Waals surface area contributed by atoms with Crippen LogP contribution in [0, 0.1) is 0 Å². The molecule has 0 unspecified atom stereocenters. The Kier molecular flexibility index (Phi) is 7.19. The largest absolute Gasteiger partial charge is 0.378 e. The Balaban J connectivity index is 1.28. The number of likely N-dealkylation sites (tertiary alicyclic amines) is 1. The van der Waals surface area contributed by atoms with Gasteiger partial charge in [0.05, 0.1) is 17.9 Å². The van der Waals surface area contributed by atoms with E-state index in [4.69, 9.17) is 4.74 Å². The molecule has 2 aromatic rings. The van der Waals surface area contributed by atoms with Gasteiger partial charge in [0.1, 0.15) is 0 Å². The molecule has 2 saturated heterocycles. The number of carbonyl (C=O) groups is 1. The maximum absolute atomic E-state index is 12.5. The Hall–Kier alpha value is -2.02. The van der Waals surface area contributed by atoms with E-state index >= 15 is 0 Å². The van der Waals surface area contributed by atoms with Gasteiger partial charge in [0.15, 0.2) is 0 Å². The summed E-state index contributed by atoms with van der Waals surface area (Å²) in [5, 5.41) is 3.29. The van der Waals surface area contributed by atoms with Gasteiger partial charge in [-0.25, -0.2) is 0 Å². The molecule has 0 bridgehead atoms. The van der Waals surface area contributed by atoms with Crippen LogP contribution in [-0.4, -0.2) is 62.2 Å². The van der Waals surface area contributed by atoms with E-state index in [1.165, 1.54) is 48.3 Å². The van der Waals surface area contributed by atoms with Gasteiger partial charge in [0, 0.05) is 37.8 Å².